The average Bonchev–Trinajstić information content (AvgIpc) is 3.13. The molecule has 0 bridgehead atoms. The van der Waals surface area contributed by atoms with Crippen LogP contribution in [0, 0.1) is 6.92 Å². The zero-order valence-corrected chi connectivity index (χ0v) is 14.1. The highest BCUT2D eigenvalue weighted by atomic mass is 32.1. The van der Waals surface area contributed by atoms with E-state index in [1.165, 1.54) is 11.3 Å². The van der Waals surface area contributed by atoms with Crippen LogP contribution in [0.3, 0.4) is 0 Å². The van der Waals surface area contributed by atoms with Gasteiger partial charge in [0.05, 0.1) is 0 Å². The molecule has 0 atom stereocenters. The predicted molar refractivity (Wildman–Crippen MR) is 91.1 cm³/mol. The standard InChI is InChI=1S/C16H18N4O2S/c1-11-10-23-16(21)20(11)9-8-14-17-15(18-22-14)12-4-6-13(7-5-12)19(2)3/h4-7,10H,8-9H2,1-3H3. The number of thiazole rings is 1. The van der Waals surface area contributed by atoms with Gasteiger partial charge in [-0.1, -0.05) is 16.5 Å². The SMILES string of the molecule is Cc1csc(=O)n1CCc1nc(-c2ccc(N(C)C)cc2)no1. The first kappa shape index (κ1) is 15.5. The van der Waals surface area contributed by atoms with Crippen LogP contribution in [0.25, 0.3) is 11.4 Å². The number of rotatable bonds is 5. The van der Waals surface area contributed by atoms with Gasteiger partial charge in [-0.3, -0.25) is 4.79 Å². The Morgan fingerprint density at radius 3 is 2.61 bits per heavy atom. The van der Waals surface area contributed by atoms with Crippen molar-refractivity contribution in [1.82, 2.24) is 14.7 Å². The number of hydrogen-bond acceptors (Lipinski definition) is 6. The average molecular weight is 330 g/mol. The highest BCUT2D eigenvalue weighted by Gasteiger charge is 2.10. The molecule has 0 aliphatic heterocycles. The van der Waals surface area contributed by atoms with Crippen molar-refractivity contribution in [2.45, 2.75) is 19.9 Å². The van der Waals surface area contributed by atoms with Gasteiger partial charge in [-0.2, -0.15) is 4.98 Å². The molecule has 1 aromatic carbocycles. The Morgan fingerprint density at radius 2 is 2.00 bits per heavy atom. The maximum atomic E-state index is 11.7. The Labute approximate surface area is 138 Å². The lowest BCUT2D eigenvalue weighted by Crippen LogP contribution is -2.16. The Balaban J connectivity index is 1.72. The Bertz CT molecular complexity index is 846. The van der Waals surface area contributed by atoms with Crippen molar-refractivity contribution in [2.24, 2.45) is 0 Å². The third kappa shape index (κ3) is 3.34. The molecule has 2 heterocycles. The molecule has 0 radical (unpaired) electrons. The third-order valence-electron chi connectivity index (χ3n) is 3.64. The summed E-state index contributed by atoms with van der Waals surface area (Å²) < 4.78 is 7.01. The van der Waals surface area contributed by atoms with E-state index in [0.717, 1.165) is 16.9 Å². The minimum absolute atomic E-state index is 0.0431. The first-order chi connectivity index (χ1) is 11.0. The van der Waals surface area contributed by atoms with Crippen molar-refractivity contribution >= 4 is 17.0 Å². The summed E-state index contributed by atoms with van der Waals surface area (Å²) in [6.45, 7) is 2.47. The van der Waals surface area contributed by atoms with E-state index in [-0.39, 0.29) is 4.87 Å². The van der Waals surface area contributed by atoms with Crippen molar-refractivity contribution in [2.75, 3.05) is 19.0 Å². The molecular weight excluding hydrogens is 312 g/mol. The molecule has 2 aromatic heterocycles. The van der Waals surface area contributed by atoms with E-state index in [2.05, 4.69) is 10.1 Å². The van der Waals surface area contributed by atoms with Crippen molar-refractivity contribution < 1.29 is 4.52 Å². The minimum atomic E-state index is 0.0431. The number of aromatic nitrogens is 3. The molecule has 0 aliphatic carbocycles. The zero-order chi connectivity index (χ0) is 16.4. The smallest absolute Gasteiger partial charge is 0.307 e. The maximum Gasteiger partial charge on any atom is 0.307 e. The lowest BCUT2D eigenvalue weighted by atomic mass is 10.2. The molecule has 3 rings (SSSR count). The molecule has 0 saturated carbocycles. The van der Waals surface area contributed by atoms with E-state index in [4.69, 9.17) is 4.52 Å². The summed E-state index contributed by atoms with van der Waals surface area (Å²) in [6, 6.07) is 7.97. The summed E-state index contributed by atoms with van der Waals surface area (Å²) in [5.41, 5.74) is 2.98. The van der Waals surface area contributed by atoms with Gasteiger partial charge in [-0.25, -0.2) is 0 Å². The maximum absolute atomic E-state index is 11.7. The van der Waals surface area contributed by atoms with Gasteiger partial charge in [-0.05, 0) is 31.2 Å². The molecule has 120 valence electrons. The van der Waals surface area contributed by atoms with Crippen molar-refractivity contribution in [3.05, 3.63) is 50.9 Å². The van der Waals surface area contributed by atoms with Gasteiger partial charge in [0.15, 0.2) is 0 Å². The summed E-state index contributed by atoms with van der Waals surface area (Å²) in [5, 5.41) is 5.88. The molecule has 0 aliphatic rings. The Hall–Kier alpha value is -2.41. The molecule has 0 fully saturated rings. The van der Waals surface area contributed by atoms with Gasteiger partial charge >= 0.3 is 4.87 Å². The van der Waals surface area contributed by atoms with Crippen LogP contribution in [0.5, 0.6) is 0 Å². The van der Waals surface area contributed by atoms with Crippen LogP contribution >= 0.6 is 11.3 Å². The highest BCUT2D eigenvalue weighted by molar-refractivity contribution is 7.07. The molecule has 23 heavy (non-hydrogen) atoms. The fraction of sp³-hybridized carbons (Fsp3) is 0.312. The van der Waals surface area contributed by atoms with Crippen LogP contribution in [-0.4, -0.2) is 28.8 Å². The summed E-state index contributed by atoms with van der Waals surface area (Å²) in [4.78, 5) is 18.2. The number of benzene rings is 1. The van der Waals surface area contributed by atoms with Crippen molar-refractivity contribution in [3.8, 4) is 11.4 Å². The van der Waals surface area contributed by atoms with Crippen LogP contribution in [0.1, 0.15) is 11.6 Å². The normalized spacial score (nSPS) is 10.9. The van der Waals surface area contributed by atoms with Gasteiger partial charge in [0.1, 0.15) is 0 Å². The van der Waals surface area contributed by atoms with E-state index in [0.29, 0.717) is 24.7 Å². The summed E-state index contributed by atoms with van der Waals surface area (Å²) in [7, 11) is 3.99. The molecule has 0 unspecified atom stereocenters. The predicted octanol–water partition coefficient (Wildman–Crippen LogP) is 2.58. The number of aryl methyl sites for hydroxylation is 2. The molecule has 7 heteroatoms. The third-order valence-corrected chi connectivity index (χ3v) is 4.52. The van der Waals surface area contributed by atoms with Crippen LogP contribution in [0.2, 0.25) is 0 Å². The summed E-state index contributed by atoms with van der Waals surface area (Å²) >= 11 is 1.21. The molecule has 0 saturated heterocycles. The molecule has 3 aromatic rings. The van der Waals surface area contributed by atoms with Gasteiger partial charge in [0, 0.05) is 49.4 Å². The fourth-order valence-corrected chi connectivity index (χ4v) is 3.03. The second-order valence-corrected chi connectivity index (χ2v) is 6.32. The van der Waals surface area contributed by atoms with Crippen LogP contribution in [0.4, 0.5) is 5.69 Å². The minimum Gasteiger partial charge on any atom is -0.378 e. The van der Waals surface area contributed by atoms with E-state index < -0.39 is 0 Å². The largest absolute Gasteiger partial charge is 0.378 e. The quantitative estimate of drug-likeness (QED) is 0.719. The highest BCUT2D eigenvalue weighted by Crippen LogP contribution is 2.20. The van der Waals surface area contributed by atoms with Crippen LogP contribution < -0.4 is 9.77 Å². The van der Waals surface area contributed by atoms with Crippen LogP contribution in [-0.2, 0) is 13.0 Å². The molecule has 6 nitrogen and oxygen atoms in total. The first-order valence-corrected chi connectivity index (χ1v) is 8.18. The Kier molecular flexibility index (Phi) is 4.29. The number of anilines is 1. The second-order valence-electron chi connectivity index (χ2n) is 5.50. The van der Waals surface area contributed by atoms with E-state index in [9.17, 15) is 4.79 Å². The van der Waals surface area contributed by atoms with Crippen LogP contribution in [0.15, 0.2) is 39.0 Å². The topological polar surface area (TPSA) is 64.2 Å². The van der Waals surface area contributed by atoms with Crippen molar-refractivity contribution in [1.29, 1.82) is 0 Å². The van der Waals surface area contributed by atoms with Crippen molar-refractivity contribution in [3.63, 3.8) is 0 Å². The lowest BCUT2D eigenvalue weighted by Gasteiger charge is -2.11. The van der Waals surface area contributed by atoms with E-state index >= 15 is 0 Å². The van der Waals surface area contributed by atoms with E-state index in [1.807, 2.05) is 55.6 Å². The van der Waals surface area contributed by atoms with E-state index in [1.54, 1.807) is 4.57 Å². The van der Waals surface area contributed by atoms with Gasteiger partial charge in [0.25, 0.3) is 0 Å². The molecule has 0 spiro atoms. The molecule has 0 N–H and O–H groups in total. The monoisotopic (exact) mass is 330 g/mol. The number of nitrogens with zero attached hydrogens (tertiary/aromatic N) is 4. The lowest BCUT2D eigenvalue weighted by molar-refractivity contribution is 0.371. The fourth-order valence-electron chi connectivity index (χ4n) is 2.26. The van der Waals surface area contributed by atoms with Gasteiger partial charge in [-0.15, -0.1) is 0 Å². The number of hydrogen-bond donors (Lipinski definition) is 0. The summed E-state index contributed by atoms with van der Waals surface area (Å²) in [5.74, 6) is 1.11. The Morgan fingerprint density at radius 1 is 1.26 bits per heavy atom. The molecule has 0 amide bonds. The van der Waals surface area contributed by atoms with Gasteiger partial charge < -0.3 is 14.0 Å². The summed E-state index contributed by atoms with van der Waals surface area (Å²) in [6.07, 6.45) is 0.542. The first-order valence-electron chi connectivity index (χ1n) is 7.30. The second kappa shape index (κ2) is 6.37. The van der Waals surface area contributed by atoms with Gasteiger partial charge in [0.2, 0.25) is 11.7 Å². The zero-order valence-electron chi connectivity index (χ0n) is 13.3. The molecular formula is C16H18N4O2S.